The van der Waals surface area contributed by atoms with Gasteiger partial charge in [-0.2, -0.15) is 0 Å². The van der Waals surface area contributed by atoms with Crippen LogP contribution in [0.4, 0.5) is 5.69 Å². The smallest absolute Gasteiger partial charge is 0.267 e. The van der Waals surface area contributed by atoms with Crippen molar-refractivity contribution < 1.29 is 0 Å². The van der Waals surface area contributed by atoms with E-state index in [0.29, 0.717) is 21.7 Å². The number of aromatic nitrogens is 2. The number of benzene rings is 1. The standard InChI is InChI=1S/C11H9BrClN3O/c12-8-4-15-6-16(11(8)17)5-7-9(13)2-1-3-10(7)14/h1-4,6H,5,14H2. The van der Waals surface area contributed by atoms with E-state index in [1.54, 1.807) is 18.2 Å². The summed E-state index contributed by atoms with van der Waals surface area (Å²) < 4.78 is 1.85. The Hall–Kier alpha value is -1.33. The summed E-state index contributed by atoms with van der Waals surface area (Å²) in [6.07, 6.45) is 2.91. The zero-order chi connectivity index (χ0) is 12.4. The molecule has 0 amide bonds. The highest BCUT2D eigenvalue weighted by Gasteiger charge is 2.07. The SMILES string of the molecule is Nc1cccc(Cl)c1Cn1cncc(Br)c1=O. The van der Waals surface area contributed by atoms with Gasteiger partial charge in [0.2, 0.25) is 0 Å². The Morgan fingerprint density at radius 3 is 2.94 bits per heavy atom. The van der Waals surface area contributed by atoms with Crippen LogP contribution in [0.25, 0.3) is 0 Å². The lowest BCUT2D eigenvalue weighted by Crippen LogP contribution is -2.21. The van der Waals surface area contributed by atoms with E-state index in [-0.39, 0.29) is 5.56 Å². The fourth-order valence-corrected chi connectivity index (χ4v) is 2.04. The Morgan fingerprint density at radius 1 is 1.47 bits per heavy atom. The molecular weight excluding hydrogens is 305 g/mol. The third kappa shape index (κ3) is 2.50. The van der Waals surface area contributed by atoms with Gasteiger partial charge in [0.1, 0.15) is 4.47 Å². The van der Waals surface area contributed by atoms with Crippen LogP contribution in [0, 0.1) is 0 Å². The molecule has 1 heterocycles. The summed E-state index contributed by atoms with van der Waals surface area (Å²) in [5.41, 5.74) is 6.94. The number of halogens is 2. The number of nitrogens with zero attached hydrogens (tertiary/aromatic N) is 2. The van der Waals surface area contributed by atoms with Gasteiger partial charge < -0.3 is 5.73 Å². The van der Waals surface area contributed by atoms with E-state index in [1.807, 2.05) is 0 Å². The minimum Gasteiger partial charge on any atom is -0.398 e. The van der Waals surface area contributed by atoms with Crippen molar-refractivity contribution in [1.29, 1.82) is 0 Å². The van der Waals surface area contributed by atoms with E-state index in [1.165, 1.54) is 17.1 Å². The Morgan fingerprint density at radius 2 is 2.24 bits per heavy atom. The molecule has 2 aromatic rings. The molecule has 0 spiro atoms. The maximum atomic E-state index is 11.8. The minimum absolute atomic E-state index is 0.167. The number of rotatable bonds is 2. The number of hydrogen-bond acceptors (Lipinski definition) is 3. The van der Waals surface area contributed by atoms with Gasteiger partial charge >= 0.3 is 0 Å². The van der Waals surface area contributed by atoms with E-state index < -0.39 is 0 Å². The van der Waals surface area contributed by atoms with Gasteiger partial charge in [0, 0.05) is 22.5 Å². The molecule has 0 saturated carbocycles. The molecule has 1 aromatic carbocycles. The molecule has 0 saturated heterocycles. The number of nitrogen functional groups attached to an aromatic ring is 1. The van der Waals surface area contributed by atoms with Crippen LogP contribution >= 0.6 is 27.5 Å². The molecule has 17 heavy (non-hydrogen) atoms. The van der Waals surface area contributed by atoms with Crippen LogP contribution in [0.3, 0.4) is 0 Å². The number of anilines is 1. The van der Waals surface area contributed by atoms with Crippen LogP contribution in [0.2, 0.25) is 5.02 Å². The molecule has 0 aliphatic carbocycles. The fourth-order valence-electron chi connectivity index (χ4n) is 1.45. The second kappa shape index (κ2) is 4.89. The average Bonchev–Trinajstić information content (AvgIpc) is 2.29. The van der Waals surface area contributed by atoms with Gasteiger partial charge in [-0.05, 0) is 28.1 Å². The highest BCUT2D eigenvalue weighted by molar-refractivity contribution is 9.10. The molecule has 0 fully saturated rings. The molecule has 1 aromatic heterocycles. The third-order valence-electron chi connectivity index (χ3n) is 2.34. The molecule has 2 N–H and O–H groups in total. The van der Waals surface area contributed by atoms with Crippen LogP contribution in [-0.4, -0.2) is 9.55 Å². The first-order valence-electron chi connectivity index (χ1n) is 4.82. The van der Waals surface area contributed by atoms with Crippen molar-refractivity contribution in [2.45, 2.75) is 6.54 Å². The summed E-state index contributed by atoms with van der Waals surface area (Å²) in [5.74, 6) is 0. The molecule has 0 unspecified atom stereocenters. The summed E-state index contributed by atoms with van der Waals surface area (Å²) in [5, 5.41) is 0.539. The highest BCUT2D eigenvalue weighted by Crippen LogP contribution is 2.22. The Labute approximate surface area is 111 Å². The Kier molecular flexibility index (Phi) is 3.49. The van der Waals surface area contributed by atoms with E-state index >= 15 is 0 Å². The van der Waals surface area contributed by atoms with Gasteiger partial charge in [-0.15, -0.1) is 0 Å². The lowest BCUT2D eigenvalue weighted by molar-refractivity contribution is 0.732. The van der Waals surface area contributed by atoms with E-state index in [9.17, 15) is 4.79 Å². The lowest BCUT2D eigenvalue weighted by atomic mass is 10.2. The summed E-state index contributed by atoms with van der Waals surface area (Å²) in [4.78, 5) is 15.7. The van der Waals surface area contributed by atoms with Crippen LogP contribution in [-0.2, 0) is 6.54 Å². The van der Waals surface area contributed by atoms with Crippen molar-refractivity contribution in [3.63, 3.8) is 0 Å². The molecule has 0 aliphatic rings. The molecule has 6 heteroatoms. The second-order valence-corrected chi connectivity index (χ2v) is 4.74. The second-order valence-electron chi connectivity index (χ2n) is 3.48. The maximum absolute atomic E-state index is 11.8. The summed E-state index contributed by atoms with van der Waals surface area (Å²) in [6.45, 7) is 0.302. The predicted molar refractivity (Wildman–Crippen MR) is 71.2 cm³/mol. The monoisotopic (exact) mass is 313 g/mol. The molecule has 0 aliphatic heterocycles. The van der Waals surface area contributed by atoms with Gasteiger partial charge in [0.05, 0.1) is 12.9 Å². The van der Waals surface area contributed by atoms with Crippen LogP contribution in [0.5, 0.6) is 0 Å². The van der Waals surface area contributed by atoms with Crippen molar-refractivity contribution in [1.82, 2.24) is 9.55 Å². The Bertz CT molecular complexity index is 592. The molecule has 0 radical (unpaired) electrons. The van der Waals surface area contributed by atoms with E-state index in [0.717, 1.165) is 5.56 Å². The predicted octanol–water partition coefficient (Wildman–Crippen LogP) is 2.29. The molecule has 88 valence electrons. The van der Waals surface area contributed by atoms with Gasteiger partial charge in [-0.1, -0.05) is 17.7 Å². The Balaban J connectivity index is 2.45. The molecule has 4 nitrogen and oxygen atoms in total. The molecule has 0 bridgehead atoms. The molecule has 2 rings (SSSR count). The van der Waals surface area contributed by atoms with Crippen molar-refractivity contribution in [2.75, 3.05) is 5.73 Å². The topological polar surface area (TPSA) is 60.9 Å². The van der Waals surface area contributed by atoms with E-state index in [2.05, 4.69) is 20.9 Å². The third-order valence-corrected chi connectivity index (χ3v) is 3.24. The van der Waals surface area contributed by atoms with Gasteiger partial charge in [-0.3, -0.25) is 9.36 Å². The zero-order valence-electron chi connectivity index (χ0n) is 8.73. The first-order valence-corrected chi connectivity index (χ1v) is 5.99. The summed E-state index contributed by atoms with van der Waals surface area (Å²) >= 11 is 9.18. The van der Waals surface area contributed by atoms with Crippen LogP contribution in [0.1, 0.15) is 5.56 Å². The van der Waals surface area contributed by atoms with Crippen molar-refractivity contribution in [3.8, 4) is 0 Å². The van der Waals surface area contributed by atoms with Crippen molar-refractivity contribution in [3.05, 3.63) is 56.1 Å². The first kappa shape index (κ1) is 12.1. The molecule has 0 atom stereocenters. The van der Waals surface area contributed by atoms with Crippen molar-refractivity contribution in [2.24, 2.45) is 0 Å². The molecular formula is C11H9BrClN3O. The fraction of sp³-hybridized carbons (Fsp3) is 0.0909. The van der Waals surface area contributed by atoms with Gasteiger partial charge in [0.15, 0.2) is 0 Å². The van der Waals surface area contributed by atoms with Crippen molar-refractivity contribution >= 4 is 33.2 Å². The van der Waals surface area contributed by atoms with Gasteiger partial charge in [0.25, 0.3) is 5.56 Å². The van der Waals surface area contributed by atoms with Gasteiger partial charge in [-0.25, -0.2) is 4.98 Å². The number of hydrogen-bond donors (Lipinski definition) is 1. The summed E-state index contributed by atoms with van der Waals surface area (Å²) in [7, 11) is 0. The lowest BCUT2D eigenvalue weighted by Gasteiger charge is -2.09. The summed E-state index contributed by atoms with van der Waals surface area (Å²) in [6, 6.07) is 5.25. The first-order chi connectivity index (χ1) is 8.09. The largest absolute Gasteiger partial charge is 0.398 e. The number of nitrogens with two attached hydrogens (primary N) is 1. The average molecular weight is 315 g/mol. The quantitative estimate of drug-likeness (QED) is 0.865. The highest BCUT2D eigenvalue weighted by atomic mass is 79.9. The normalized spacial score (nSPS) is 10.5. The zero-order valence-corrected chi connectivity index (χ0v) is 11.1. The van der Waals surface area contributed by atoms with Crippen LogP contribution < -0.4 is 11.3 Å². The maximum Gasteiger partial charge on any atom is 0.267 e. The van der Waals surface area contributed by atoms with E-state index in [4.69, 9.17) is 17.3 Å². The van der Waals surface area contributed by atoms with Crippen LogP contribution in [0.15, 0.2) is 40.0 Å². The minimum atomic E-state index is -0.167.